The van der Waals surface area contributed by atoms with Gasteiger partial charge in [0.1, 0.15) is 0 Å². The largest absolute Gasteiger partial charge is 0.319 e. The molecule has 1 aromatic rings. The van der Waals surface area contributed by atoms with E-state index >= 15 is 0 Å². The average molecular weight is 167 g/mol. The van der Waals surface area contributed by atoms with Crippen LogP contribution in [0.2, 0.25) is 0 Å². The van der Waals surface area contributed by atoms with Crippen LogP contribution in [-0.2, 0) is 0 Å². The Morgan fingerprint density at radius 2 is 2.55 bits per heavy atom. The van der Waals surface area contributed by atoms with Crippen molar-refractivity contribution in [2.45, 2.75) is 6.42 Å². The first-order valence-corrected chi connectivity index (χ1v) is 4.66. The summed E-state index contributed by atoms with van der Waals surface area (Å²) in [7, 11) is 1.97. The van der Waals surface area contributed by atoms with Crippen LogP contribution in [0.25, 0.3) is 6.08 Å². The minimum Gasteiger partial charge on any atom is -0.319 e. The van der Waals surface area contributed by atoms with E-state index in [2.05, 4.69) is 35.0 Å². The second-order valence-corrected chi connectivity index (χ2v) is 3.29. The summed E-state index contributed by atoms with van der Waals surface area (Å²) in [6.45, 7) is 1.06. The van der Waals surface area contributed by atoms with Crippen molar-refractivity contribution in [1.29, 1.82) is 0 Å². The van der Waals surface area contributed by atoms with E-state index in [1.165, 1.54) is 4.88 Å². The summed E-state index contributed by atoms with van der Waals surface area (Å²) in [5, 5.41) is 5.19. The molecule has 0 unspecified atom stereocenters. The van der Waals surface area contributed by atoms with Gasteiger partial charge < -0.3 is 5.32 Å². The van der Waals surface area contributed by atoms with E-state index < -0.39 is 0 Å². The molecule has 0 aliphatic heterocycles. The SMILES string of the molecule is CNCCC=Cc1cccs1. The third-order valence-electron chi connectivity index (χ3n) is 1.39. The fourth-order valence-electron chi connectivity index (χ4n) is 0.813. The van der Waals surface area contributed by atoms with Crippen molar-refractivity contribution in [3.8, 4) is 0 Å². The van der Waals surface area contributed by atoms with Gasteiger partial charge in [-0.1, -0.05) is 12.1 Å². The molecule has 0 radical (unpaired) electrons. The normalized spacial score (nSPS) is 11.0. The highest BCUT2D eigenvalue weighted by Crippen LogP contribution is 2.10. The number of rotatable bonds is 4. The van der Waals surface area contributed by atoms with Crippen molar-refractivity contribution in [2.24, 2.45) is 0 Å². The van der Waals surface area contributed by atoms with Crippen molar-refractivity contribution >= 4 is 17.4 Å². The fraction of sp³-hybridized carbons (Fsp3) is 0.333. The summed E-state index contributed by atoms with van der Waals surface area (Å²) in [6, 6.07) is 4.20. The lowest BCUT2D eigenvalue weighted by molar-refractivity contribution is 0.809. The first-order valence-electron chi connectivity index (χ1n) is 3.78. The van der Waals surface area contributed by atoms with Crippen molar-refractivity contribution in [3.05, 3.63) is 28.5 Å². The molecule has 1 rings (SSSR count). The van der Waals surface area contributed by atoms with Crippen LogP contribution in [-0.4, -0.2) is 13.6 Å². The molecular formula is C9H13NS. The Bertz CT molecular complexity index is 201. The van der Waals surface area contributed by atoms with E-state index in [0.717, 1.165) is 13.0 Å². The van der Waals surface area contributed by atoms with Crippen molar-refractivity contribution < 1.29 is 0 Å². The lowest BCUT2D eigenvalue weighted by Crippen LogP contribution is -2.05. The van der Waals surface area contributed by atoms with Crippen LogP contribution in [0.5, 0.6) is 0 Å². The maximum atomic E-state index is 3.10. The highest BCUT2D eigenvalue weighted by Gasteiger charge is 1.83. The molecule has 0 saturated carbocycles. The molecule has 1 aromatic heterocycles. The summed E-state index contributed by atoms with van der Waals surface area (Å²) in [6.07, 6.45) is 5.47. The van der Waals surface area contributed by atoms with Crippen LogP contribution in [0.1, 0.15) is 11.3 Å². The third-order valence-corrected chi connectivity index (χ3v) is 2.22. The smallest absolute Gasteiger partial charge is 0.0267 e. The van der Waals surface area contributed by atoms with E-state index in [-0.39, 0.29) is 0 Å². The maximum absolute atomic E-state index is 3.10. The monoisotopic (exact) mass is 167 g/mol. The molecule has 1 N–H and O–H groups in total. The second kappa shape index (κ2) is 5.10. The molecule has 0 fully saturated rings. The molecule has 0 bridgehead atoms. The third kappa shape index (κ3) is 3.35. The summed E-state index contributed by atoms with van der Waals surface area (Å²) in [5.74, 6) is 0. The lowest BCUT2D eigenvalue weighted by atomic mass is 10.3. The summed E-state index contributed by atoms with van der Waals surface area (Å²) >= 11 is 1.77. The molecule has 1 heterocycles. The molecule has 0 aromatic carbocycles. The van der Waals surface area contributed by atoms with Crippen molar-refractivity contribution in [2.75, 3.05) is 13.6 Å². The Labute approximate surface area is 71.8 Å². The summed E-state index contributed by atoms with van der Waals surface area (Å²) in [4.78, 5) is 1.33. The van der Waals surface area contributed by atoms with E-state index in [1.807, 2.05) is 7.05 Å². The molecule has 2 heteroatoms. The number of nitrogens with one attached hydrogen (secondary N) is 1. The van der Waals surface area contributed by atoms with Crippen LogP contribution in [0, 0.1) is 0 Å². The van der Waals surface area contributed by atoms with E-state index in [9.17, 15) is 0 Å². The van der Waals surface area contributed by atoms with Gasteiger partial charge in [0.25, 0.3) is 0 Å². The van der Waals surface area contributed by atoms with Crippen LogP contribution in [0.4, 0.5) is 0 Å². The standard InChI is InChI=1S/C9H13NS/c1-10-7-3-2-5-9-6-4-8-11-9/h2,4-6,8,10H,3,7H2,1H3. The van der Waals surface area contributed by atoms with Crippen molar-refractivity contribution in [3.63, 3.8) is 0 Å². The van der Waals surface area contributed by atoms with Crippen LogP contribution >= 0.6 is 11.3 Å². The topological polar surface area (TPSA) is 12.0 Å². The molecule has 1 nitrogen and oxygen atoms in total. The Hall–Kier alpha value is -0.600. The Morgan fingerprint density at radius 3 is 3.18 bits per heavy atom. The average Bonchev–Trinajstić information content (AvgIpc) is 2.50. The molecule has 11 heavy (non-hydrogen) atoms. The van der Waals surface area contributed by atoms with Gasteiger partial charge in [-0.05, 0) is 37.5 Å². The van der Waals surface area contributed by atoms with Gasteiger partial charge in [-0.2, -0.15) is 0 Å². The number of hydrogen-bond acceptors (Lipinski definition) is 2. The summed E-state index contributed by atoms with van der Waals surface area (Å²) in [5.41, 5.74) is 0. The predicted molar refractivity (Wildman–Crippen MR) is 51.9 cm³/mol. The number of thiophene rings is 1. The van der Waals surface area contributed by atoms with Crippen molar-refractivity contribution in [1.82, 2.24) is 5.32 Å². The van der Waals surface area contributed by atoms with Gasteiger partial charge in [-0.15, -0.1) is 11.3 Å². The zero-order valence-electron chi connectivity index (χ0n) is 6.71. The lowest BCUT2D eigenvalue weighted by Gasteiger charge is -1.89. The van der Waals surface area contributed by atoms with E-state index in [1.54, 1.807) is 11.3 Å². The van der Waals surface area contributed by atoms with Crippen LogP contribution < -0.4 is 5.32 Å². The predicted octanol–water partition coefficient (Wildman–Crippen LogP) is 2.37. The van der Waals surface area contributed by atoms with Gasteiger partial charge in [-0.3, -0.25) is 0 Å². The second-order valence-electron chi connectivity index (χ2n) is 2.31. The molecule has 0 amide bonds. The van der Waals surface area contributed by atoms with Gasteiger partial charge in [0.2, 0.25) is 0 Å². The first kappa shape index (κ1) is 8.50. The highest BCUT2D eigenvalue weighted by molar-refractivity contribution is 7.10. The van der Waals surface area contributed by atoms with E-state index in [4.69, 9.17) is 0 Å². The number of hydrogen-bond donors (Lipinski definition) is 1. The molecule has 0 aliphatic carbocycles. The molecule has 0 atom stereocenters. The molecule has 0 saturated heterocycles. The van der Waals surface area contributed by atoms with Crippen LogP contribution in [0.3, 0.4) is 0 Å². The Morgan fingerprint density at radius 1 is 1.64 bits per heavy atom. The Kier molecular flexibility index (Phi) is 3.94. The zero-order chi connectivity index (χ0) is 7.94. The summed E-state index contributed by atoms with van der Waals surface area (Å²) < 4.78 is 0. The van der Waals surface area contributed by atoms with Gasteiger partial charge in [0, 0.05) is 4.88 Å². The quantitative estimate of drug-likeness (QED) is 0.679. The van der Waals surface area contributed by atoms with Gasteiger partial charge >= 0.3 is 0 Å². The fourth-order valence-corrected chi connectivity index (χ4v) is 1.46. The highest BCUT2D eigenvalue weighted by atomic mass is 32.1. The zero-order valence-corrected chi connectivity index (χ0v) is 7.53. The van der Waals surface area contributed by atoms with Gasteiger partial charge in [-0.25, -0.2) is 0 Å². The molecule has 60 valence electrons. The first-order chi connectivity index (χ1) is 5.43. The maximum Gasteiger partial charge on any atom is 0.0267 e. The van der Waals surface area contributed by atoms with Crippen LogP contribution in [0.15, 0.2) is 23.6 Å². The minimum atomic E-state index is 1.06. The van der Waals surface area contributed by atoms with Gasteiger partial charge in [0.05, 0.1) is 0 Å². The molecule has 0 spiro atoms. The molecule has 0 aliphatic rings. The minimum absolute atomic E-state index is 1.06. The Balaban J connectivity index is 2.25. The van der Waals surface area contributed by atoms with E-state index in [0.29, 0.717) is 0 Å². The molecular weight excluding hydrogens is 154 g/mol. The van der Waals surface area contributed by atoms with Gasteiger partial charge in [0.15, 0.2) is 0 Å².